The van der Waals surface area contributed by atoms with E-state index in [-0.39, 0.29) is 24.1 Å². The minimum atomic E-state index is -0.146. The number of ether oxygens (including phenoxy) is 1. The van der Waals surface area contributed by atoms with E-state index in [9.17, 15) is 4.79 Å². The van der Waals surface area contributed by atoms with E-state index in [2.05, 4.69) is 29.1 Å². The number of imidazole rings is 1. The molecule has 2 heterocycles. The Labute approximate surface area is 149 Å². The van der Waals surface area contributed by atoms with Crippen LogP contribution in [0.2, 0.25) is 0 Å². The van der Waals surface area contributed by atoms with E-state index >= 15 is 0 Å². The number of amides is 2. The number of hydrogen-bond acceptors (Lipinski definition) is 3. The number of piperidine rings is 1. The van der Waals surface area contributed by atoms with Crippen molar-refractivity contribution in [2.24, 2.45) is 5.92 Å². The van der Waals surface area contributed by atoms with Gasteiger partial charge in [-0.25, -0.2) is 9.78 Å². The number of fused-ring (bicyclic) bond motifs is 1. The number of H-pyrrole nitrogens is 1. The Hall–Kier alpha value is -2.08. The van der Waals surface area contributed by atoms with Crippen molar-refractivity contribution in [2.45, 2.75) is 45.8 Å². The Kier molecular flexibility index (Phi) is 5.58. The zero-order valence-corrected chi connectivity index (χ0v) is 15.3. The van der Waals surface area contributed by atoms with E-state index in [1.54, 1.807) is 0 Å². The smallest absolute Gasteiger partial charge is 0.318 e. The maximum absolute atomic E-state index is 12.8. The van der Waals surface area contributed by atoms with Crippen LogP contribution in [-0.2, 0) is 4.74 Å². The highest BCUT2D eigenvalue weighted by Crippen LogP contribution is 2.23. The van der Waals surface area contributed by atoms with Crippen molar-refractivity contribution in [3.05, 3.63) is 30.1 Å². The van der Waals surface area contributed by atoms with Gasteiger partial charge in [0.15, 0.2) is 0 Å². The van der Waals surface area contributed by atoms with E-state index in [4.69, 9.17) is 4.74 Å². The van der Waals surface area contributed by atoms with Gasteiger partial charge in [-0.2, -0.15) is 0 Å². The minimum Gasteiger partial charge on any atom is -0.377 e. The maximum Gasteiger partial charge on any atom is 0.318 e. The summed E-state index contributed by atoms with van der Waals surface area (Å²) in [7, 11) is 0. The second kappa shape index (κ2) is 7.87. The number of carbonyl (C=O) groups excluding carboxylic acids is 1. The lowest BCUT2D eigenvalue weighted by Crippen LogP contribution is -2.49. The molecule has 6 heteroatoms. The second-order valence-corrected chi connectivity index (χ2v) is 6.98. The molecule has 2 atom stereocenters. The molecule has 136 valence electrons. The molecule has 2 N–H and O–H groups in total. The van der Waals surface area contributed by atoms with Gasteiger partial charge < -0.3 is 19.9 Å². The Morgan fingerprint density at radius 3 is 2.96 bits per heavy atom. The normalized spacial score (nSPS) is 19.4. The first kappa shape index (κ1) is 17.7. The van der Waals surface area contributed by atoms with Crippen LogP contribution < -0.4 is 5.32 Å². The predicted octanol–water partition coefficient (Wildman–Crippen LogP) is 3.47. The van der Waals surface area contributed by atoms with Gasteiger partial charge in [-0.15, -0.1) is 0 Å². The third kappa shape index (κ3) is 4.12. The van der Waals surface area contributed by atoms with Crippen molar-refractivity contribution in [3.63, 3.8) is 0 Å². The number of carbonyl (C=O) groups is 1. The second-order valence-electron chi connectivity index (χ2n) is 6.98. The summed E-state index contributed by atoms with van der Waals surface area (Å²) in [6, 6.07) is 7.75. The van der Waals surface area contributed by atoms with Gasteiger partial charge in [-0.1, -0.05) is 26.0 Å². The van der Waals surface area contributed by atoms with Crippen LogP contribution in [-0.4, -0.2) is 46.7 Å². The summed E-state index contributed by atoms with van der Waals surface area (Å²) in [4.78, 5) is 22.6. The molecule has 1 saturated heterocycles. The number of aromatic nitrogens is 2. The third-order valence-corrected chi connectivity index (χ3v) is 4.72. The van der Waals surface area contributed by atoms with Gasteiger partial charge in [0.2, 0.25) is 0 Å². The molecule has 2 amide bonds. The molecule has 1 aliphatic rings. The first-order valence-electron chi connectivity index (χ1n) is 9.20. The molecular formula is C19H28N4O2. The SMILES string of the molecule is CCOC1CCCN(C(=O)NC(c2nc3ccccc3[nH]2)C(C)C)C1. The quantitative estimate of drug-likeness (QED) is 0.872. The fourth-order valence-corrected chi connectivity index (χ4v) is 3.39. The number of nitrogens with one attached hydrogen (secondary N) is 2. The lowest BCUT2D eigenvalue weighted by atomic mass is 10.0. The highest BCUT2D eigenvalue weighted by molar-refractivity contribution is 5.76. The molecule has 0 radical (unpaired) electrons. The summed E-state index contributed by atoms with van der Waals surface area (Å²) in [5, 5.41) is 3.16. The lowest BCUT2D eigenvalue weighted by Gasteiger charge is -2.34. The predicted molar refractivity (Wildman–Crippen MR) is 98.4 cm³/mol. The standard InChI is InChI=1S/C19H28N4O2/c1-4-25-14-8-7-11-23(12-14)19(24)22-17(13(2)3)18-20-15-9-5-6-10-16(15)21-18/h5-6,9-10,13-14,17H,4,7-8,11-12H2,1-3H3,(H,20,21)(H,22,24). The molecular weight excluding hydrogens is 316 g/mol. The number of hydrogen-bond donors (Lipinski definition) is 2. The third-order valence-electron chi connectivity index (χ3n) is 4.72. The molecule has 1 aromatic carbocycles. The summed E-state index contributed by atoms with van der Waals surface area (Å²) in [6.45, 7) is 8.31. The molecule has 1 aliphatic heterocycles. The molecule has 0 spiro atoms. The zero-order valence-electron chi connectivity index (χ0n) is 15.3. The van der Waals surface area contributed by atoms with Crippen LogP contribution in [0, 0.1) is 5.92 Å². The van der Waals surface area contributed by atoms with Crippen LogP contribution in [0.1, 0.15) is 45.5 Å². The van der Waals surface area contributed by atoms with E-state index in [1.807, 2.05) is 36.1 Å². The van der Waals surface area contributed by atoms with Gasteiger partial charge >= 0.3 is 6.03 Å². The highest BCUT2D eigenvalue weighted by Gasteiger charge is 2.28. The number of para-hydroxylation sites is 2. The van der Waals surface area contributed by atoms with Crippen LogP contribution in [0.25, 0.3) is 11.0 Å². The van der Waals surface area contributed by atoms with Crippen molar-refractivity contribution in [1.29, 1.82) is 0 Å². The average Bonchev–Trinajstić information content (AvgIpc) is 3.03. The molecule has 0 aliphatic carbocycles. The molecule has 6 nitrogen and oxygen atoms in total. The van der Waals surface area contributed by atoms with Gasteiger partial charge in [0.1, 0.15) is 5.82 Å². The number of aromatic amines is 1. The number of likely N-dealkylation sites (tertiary alicyclic amines) is 1. The summed E-state index contributed by atoms with van der Waals surface area (Å²) in [5.41, 5.74) is 1.92. The number of urea groups is 1. The zero-order chi connectivity index (χ0) is 17.8. The van der Waals surface area contributed by atoms with E-state index < -0.39 is 0 Å². The fraction of sp³-hybridized carbons (Fsp3) is 0.579. The molecule has 0 saturated carbocycles. The number of rotatable bonds is 5. The Balaban J connectivity index is 1.72. The molecule has 1 aromatic heterocycles. The largest absolute Gasteiger partial charge is 0.377 e. The van der Waals surface area contributed by atoms with Crippen molar-refractivity contribution in [2.75, 3.05) is 19.7 Å². The van der Waals surface area contributed by atoms with Crippen LogP contribution >= 0.6 is 0 Å². The summed E-state index contributed by atoms with van der Waals surface area (Å²) in [5.74, 6) is 1.04. The van der Waals surface area contributed by atoms with Gasteiger partial charge in [-0.3, -0.25) is 0 Å². The maximum atomic E-state index is 12.8. The molecule has 2 unspecified atom stereocenters. The first-order valence-corrected chi connectivity index (χ1v) is 9.20. The van der Waals surface area contributed by atoms with E-state index in [0.717, 1.165) is 36.2 Å². The van der Waals surface area contributed by atoms with Crippen molar-refractivity contribution in [1.82, 2.24) is 20.2 Å². The molecule has 3 rings (SSSR count). The average molecular weight is 344 g/mol. The van der Waals surface area contributed by atoms with Crippen LogP contribution in [0.5, 0.6) is 0 Å². The lowest BCUT2D eigenvalue weighted by molar-refractivity contribution is 0.0159. The van der Waals surface area contributed by atoms with Crippen molar-refractivity contribution < 1.29 is 9.53 Å². The van der Waals surface area contributed by atoms with Gasteiger partial charge in [0, 0.05) is 19.7 Å². The number of nitrogens with zero attached hydrogens (tertiary/aromatic N) is 2. The number of benzene rings is 1. The fourth-order valence-electron chi connectivity index (χ4n) is 3.39. The monoisotopic (exact) mass is 344 g/mol. The summed E-state index contributed by atoms with van der Waals surface area (Å²) < 4.78 is 5.70. The molecule has 0 bridgehead atoms. The molecule has 1 fully saturated rings. The topological polar surface area (TPSA) is 70.2 Å². The summed E-state index contributed by atoms with van der Waals surface area (Å²) in [6.07, 6.45) is 2.15. The van der Waals surface area contributed by atoms with Crippen LogP contribution in [0.3, 0.4) is 0 Å². The minimum absolute atomic E-state index is 0.0384. The van der Waals surface area contributed by atoms with Crippen molar-refractivity contribution >= 4 is 17.1 Å². The van der Waals surface area contributed by atoms with E-state index in [0.29, 0.717) is 13.2 Å². The Morgan fingerprint density at radius 2 is 2.24 bits per heavy atom. The van der Waals surface area contributed by atoms with Gasteiger partial charge in [0.05, 0.1) is 23.2 Å². The summed E-state index contributed by atoms with van der Waals surface area (Å²) >= 11 is 0. The highest BCUT2D eigenvalue weighted by atomic mass is 16.5. The molecule has 2 aromatic rings. The van der Waals surface area contributed by atoms with Crippen LogP contribution in [0.15, 0.2) is 24.3 Å². The first-order chi connectivity index (χ1) is 12.1. The Morgan fingerprint density at radius 1 is 1.44 bits per heavy atom. The van der Waals surface area contributed by atoms with Gasteiger partial charge in [-0.05, 0) is 37.8 Å². The Bertz CT molecular complexity index is 677. The van der Waals surface area contributed by atoms with Crippen molar-refractivity contribution in [3.8, 4) is 0 Å². The van der Waals surface area contributed by atoms with Gasteiger partial charge in [0.25, 0.3) is 0 Å². The van der Waals surface area contributed by atoms with E-state index in [1.165, 1.54) is 0 Å². The molecule has 25 heavy (non-hydrogen) atoms. The van der Waals surface area contributed by atoms with Crippen LogP contribution in [0.4, 0.5) is 4.79 Å².